The number of benzene rings is 2. The third-order valence-electron chi connectivity index (χ3n) is 4.96. The van der Waals surface area contributed by atoms with E-state index in [1.54, 1.807) is 18.2 Å². The van der Waals surface area contributed by atoms with Crippen molar-refractivity contribution in [2.45, 2.75) is 39.5 Å². The van der Waals surface area contributed by atoms with Crippen molar-refractivity contribution in [3.63, 3.8) is 0 Å². The molecule has 0 aliphatic carbocycles. The molecule has 1 heteroatoms. The monoisotopic (exact) mass is 382 g/mol. The molecule has 0 bridgehead atoms. The van der Waals surface area contributed by atoms with Crippen LogP contribution >= 0.6 is 0 Å². The molecule has 0 unspecified atom stereocenters. The Bertz CT molecular complexity index is 1020. The number of allylic oxidation sites excluding steroid dienone is 6. The Hall–Kier alpha value is -3.24. The maximum absolute atomic E-state index is 10.4. The van der Waals surface area contributed by atoms with Crippen LogP contribution < -0.4 is 0 Å². The lowest BCUT2D eigenvalue weighted by Gasteiger charge is -2.21. The molecule has 1 nitrogen and oxygen atoms in total. The van der Waals surface area contributed by atoms with Gasteiger partial charge in [0, 0.05) is 11.0 Å². The lowest BCUT2D eigenvalue weighted by molar-refractivity contribution is 0.474. The fraction of sp³-hybridized carbons (Fsp3) is 0.214. The second-order valence-corrected chi connectivity index (χ2v) is 8.09. The average Bonchev–Trinajstić information content (AvgIpc) is 2.67. The first-order chi connectivity index (χ1) is 13.7. The minimum atomic E-state index is -0.0923. The molecule has 1 N–H and O–H groups in total. The van der Waals surface area contributed by atoms with Crippen LogP contribution in [0.15, 0.2) is 85.0 Å². The van der Waals surface area contributed by atoms with Gasteiger partial charge in [-0.25, -0.2) is 0 Å². The molecule has 0 spiro atoms. The molecule has 0 saturated carbocycles. The Kier molecular flexibility index (Phi) is 7.08. The van der Waals surface area contributed by atoms with E-state index in [4.69, 9.17) is 6.42 Å². The number of aromatic hydroxyl groups is 1. The molecule has 2 rings (SSSR count). The van der Waals surface area contributed by atoms with E-state index in [1.165, 1.54) is 11.1 Å². The molecule has 0 heterocycles. The SMILES string of the molecule is C#CC(C=C)=C(C=C(C)C)c1cc(O)cc(Cc2cccc(C(C)(C)C=C)c2)c1. The molecule has 29 heavy (non-hydrogen) atoms. The van der Waals surface area contributed by atoms with E-state index >= 15 is 0 Å². The minimum Gasteiger partial charge on any atom is -0.508 e. The van der Waals surface area contributed by atoms with Gasteiger partial charge in [-0.1, -0.05) is 80.5 Å². The van der Waals surface area contributed by atoms with Crippen molar-refractivity contribution in [2.75, 3.05) is 0 Å². The number of hydrogen-bond donors (Lipinski definition) is 1. The smallest absolute Gasteiger partial charge is 0.116 e. The summed E-state index contributed by atoms with van der Waals surface area (Å²) in [5, 5.41) is 10.4. The number of rotatable bonds is 7. The topological polar surface area (TPSA) is 20.2 Å². The van der Waals surface area contributed by atoms with Gasteiger partial charge in [-0.3, -0.25) is 0 Å². The normalized spacial score (nSPS) is 11.8. The summed E-state index contributed by atoms with van der Waals surface area (Å²) < 4.78 is 0. The van der Waals surface area contributed by atoms with Crippen molar-refractivity contribution in [1.82, 2.24) is 0 Å². The van der Waals surface area contributed by atoms with Crippen molar-refractivity contribution in [2.24, 2.45) is 0 Å². The van der Waals surface area contributed by atoms with Gasteiger partial charge in [-0.15, -0.1) is 13.0 Å². The quantitative estimate of drug-likeness (QED) is 0.311. The lowest BCUT2D eigenvalue weighted by atomic mass is 9.83. The van der Waals surface area contributed by atoms with E-state index in [0.29, 0.717) is 12.0 Å². The van der Waals surface area contributed by atoms with Crippen LogP contribution in [0.1, 0.15) is 49.9 Å². The van der Waals surface area contributed by atoms with Gasteiger partial charge in [0.15, 0.2) is 0 Å². The third-order valence-corrected chi connectivity index (χ3v) is 4.96. The lowest BCUT2D eigenvalue weighted by Crippen LogP contribution is -2.13. The van der Waals surface area contributed by atoms with Crippen LogP contribution in [-0.4, -0.2) is 5.11 Å². The van der Waals surface area contributed by atoms with Gasteiger partial charge in [-0.05, 0) is 60.2 Å². The highest BCUT2D eigenvalue weighted by Crippen LogP contribution is 2.29. The number of phenolic OH excluding ortho intramolecular Hbond substituents is 1. The Morgan fingerprint density at radius 1 is 1.10 bits per heavy atom. The van der Waals surface area contributed by atoms with Gasteiger partial charge in [0.05, 0.1) is 0 Å². The summed E-state index contributed by atoms with van der Waals surface area (Å²) in [7, 11) is 0. The Morgan fingerprint density at radius 2 is 1.83 bits per heavy atom. The van der Waals surface area contributed by atoms with Crippen molar-refractivity contribution in [3.05, 3.63) is 107 Å². The van der Waals surface area contributed by atoms with E-state index in [1.807, 2.05) is 26.0 Å². The molecule has 0 saturated heterocycles. The molecule has 148 valence electrons. The molecule has 0 atom stereocenters. The first-order valence-electron chi connectivity index (χ1n) is 9.74. The highest BCUT2D eigenvalue weighted by molar-refractivity contribution is 5.82. The largest absolute Gasteiger partial charge is 0.508 e. The molecule has 2 aromatic carbocycles. The molecule has 0 aliphatic rings. The Labute approximate surface area is 175 Å². The van der Waals surface area contributed by atoms with Crippen molar-refractivity contribution >= 4 is 5.57 Å². The van der Waals surface area contributed by atoms with Gasteiger partial charge in [-0.2, -0.15) is 0 Å². The molecule has 0 fully saturated rings. The van der Waals surface area contributed by atoms with Crippen LogP contribution in [0.4, 0.5) is 0 Å². The van der Waals surface area contributed by atoms with Crippen LogP contribution in [0, 0.1) is 12.3 Å². The first-order valence-corrected chi connectivity index (χ1v) is 9.74. The van der Waals surface area contributed by atoms with Crippen molar-refractivity contribution in [1.29, 1.82) is 0 Å². The summed E-state index contributed by atoms with van der Waals surface area (Å²) in [6.45, 7) is 16.1. The second-order valence-electron chi connectivity index (χ2n) is 8.09. The fourth-order valence-corrected chi connectivity index (χ4v) is 3.22. The van der Waals surface area contributed by atoms with Crippen LogP contribution in [0.25, 0.3) is 5.57 Å². The van der Waals surface area contributed by atoms with E-state index < -0.39 is 0 Å². The van der Waals surface area contributed by atoms with Gasteiger partial charge in [0.25, 0.3) is 0 Å². The molecular formula is C28H30O. The highest BCUT2D eigenvalue weighted by atomic mass is 16.3. The maximum Gasteiger partial charge on any atom is 0.116 e. The van der Waals surface area contributed by atoms with Crippen molar-refractivity contribution < 1.29 is 5.11 Å². The molecule has 0 amide bonds. The molecule has 2 aromatic rings. The zero-order chi connectivity index (χ0) is 21.6. The van der Waals surface area contributed by atoms with Gasteiger partial charge in [0.2, 0.25) is 0 Å². The maximum atomic E-state index is 10.4. The molecule has 0 aromatic heterocycles. The van der Waals surface area contributed by atoms with E-state index in [0.717, 1.165) is 22.3 Å². The van der Waals surface area contributed by atoms with Crippen LogP contribution in [0.2, 0.25) is 0 Å². The molecule has 0 aliphatic heterocycles. The summed E-state index contributed by atoms with van der Waals surface area (Å²) in [5.74, 6) is 2.92. The second kappa shape index (κ2) is 9.30. The molecule has 0 radical (unpaired) electrons. The number of terminal acetylenes is 1. The molecular weight excluding hydrogens is 352 g/mol. The van der Waals surface area contributed by atoms with E-state index in [-0.39, 0.29) is 11.2 Å². The van der Waals surface area contributed by atoms with Gasteiger partial charge < -0.3 is 5.11 Å². The van der Waals surface area contributed by atoms with Gasteiger partial charge >= 0.3 is 0 Å². The average molecular weight is 383 g/mol. The minimum absolute atomic E-state index is 0.0923. The standard InChI is InChI=1S/C28H30O/c1-8-23(9-2)27(14-20(4)5)24-16-22(18-26(29)19-24)15-21-12-11-13-25(17-21)28(6,7)10-3/h1,9-14,16-19,29H,2-3,15H2,4-7H3. The predicted molar refractivity (Wildman–Crippen MR) is 126 cm³/mol. The van der Waals surface area contributed by atoms with Crippen LogP contribution in [0.3, 0.4) is 0 Å². The van der Waals surface area contributed by atoms with Crippen LogP contribution in [-0.2, 0) is 11.8 Å². The first kappa shape index (κ1) is 22.1. The van der Waals surface area contributed by atoms with E-state index in [9.17, 15) is 5.11 Å². The zero-order valence-corrected chi connectivity index (χ0v) is 17.9. The summed E-state index contributed by atoms with van der Waals surface area (Å²) in [5.41, 5.74) is 6.94. The number of hydrogen-bond acceptors (Lipinski definition) is 1. The zero-order valence-electron chi connectivity index (χ0n) is 17.9. The summed E-state index contributed by atoms with van der Waals surface area (Å²) >= 11 is 0. The Balaban J connectivity index is 2.52. The highest BCUT2D eigenvalue weighted by Gasteiger charge is 2.16. The summed E-state index contributed by atoms with van der Waals surface area (Å²) in [6, 6.07) is 14.1. The Morgan fingerprint density at radius 3 is 2.41 bits per heavy atom. The van der Waals surface area contributed by atoms with Crippen LogP contribution in [0.5, 0.6) is 5.75 Å². The fourth-order valence-electron chi connectivity index (χ4n) is 3.22. The van der Waals surface area contributed by atoms with E-state index in [2.05, 4.69) is 63.3 Å². The van der Waals surface area contributed by atoms with Gasteiger partial charge in [0.1, 0.15) is 5.75 Å². The van der Waals surface area contributed by atoms with Crippen molar-refractivity contribution in [3.8, 4) is 18.1 Å². The number of phenols is 1. The third kappa shape index (κ3) is 5.62. The summed E-state index contributed by atoms with van der Waals surface area (Å²) in [4.78, 5) is 0. The predicted octanol–water partition coefficient (Wildman–Crippen LogP) is 6.99. The summed E-state index contributed by atoms with van der Waals surface area (Å²) in [6.07, 6.45) is 12.1.